The molecule has 0 spiro atoms. The first-order valence-corrected chi connectivity index (χ1v) is 12.7. The van der Waals surface area contributed by atoms with Gasteiger partial charge in [0.05, 0.1) is 35.3 Å². The number of sulfonamides is 1. The summed E-state index contributed by atoms with van der Waals surface area (Å²) in [5.41, 5.74) is 0.839. The topological polar surface area (TPSA) is 96.0 Å². The Morgan fingerprint density at radius 1 is 1.00 bits per heavy atom. The smallest absolute Gasteiger partial charge is 0.256 e. The maximum absolute atomic E-state index is 13.1. The Bertz CT molecular complexity index is 1120. The quantitative estimate of drug-likeness (QED) is 0.693. The summed E-state index contributed by atoms with van der Waals surface area (Å²) in [5, 5.41) is 3.32. The molecule has 2 aliphatic rings. The maximum atomic E-state index is 13.1. The molecule has 0 radical (unpaired) electrons. The third kappa shape index (κ3) is 5.38. The summed E-state index contributed by atoms with van der Waals surface area (Å²) >= 11 is 5.88. The van der Waals surface area contributed by atoms with Crippen LogP contribution < -0.4 is 5.32 Å². The standard InChI is InChI=1S/C23H26ClN3O5S/c24-18-7-9-19(10-8-18)33(30,31)27-11-3-4-17(16-27)22(28)25-21-6-2-1-5-20(21)23(29)26-12-14-32-15-13-26/h1-2,5-10,17H,3-4,11-16H2,(H,25,28)/t17-/m1/s1. The predicted octanol–water partition coefficient (Wildman–Crippen LogP) is 2.85. The summed E-state index contributed by atoms with van der Waals surface area (Å²) in [6, 6.07) is 12.9. The fraction of sp³-hybridized carbons (Fsp3) is 0.391. The summed E-state index contributed by atoms with van der Waals surface area (Å²) in [4.78, 5) is 27.9. The second-order valence-electron chi connectivity index (χ2n) is 8.10. The number of nitrogens with one attached hydrogen (secondary N) is 1. The Hall–Kier alpha value is -2.46. The number of amides is 2. The second kappa shape index (κ2) is 10.2. The van der Waals surface area contributed by atoms with Crippen LogP contribution in [-0.4, -0.2) is 68.8 Å². The number of carbonyl (C=O) groups excluding carboxylic acids is 2. The van der Waals surface area contributed by atoms with Crippen molar-refractivity contribution >= 4 is 39.1 Å². The second-order valence-corrected chi connectivity index (χ2v) is 10.5. The number of hydrogen-bond donors (Lipinski definition) is 1. The molecule has 2 fully saturated rings. The average Bonchev–Trinajstić information content (AvgIpc) is 2.85. The number of para-hydroxylation sites is 1. The fourth-order valence-electron chi connectivity index (χ4n) is 4.08. The molecule has 4 rings (SSSR count). The Kier molecular flexibility index (Phi) is 7.33. The first-order chi connectivity index (χ1) is 15.9. The number of carbonyl (C=O) groups is 2. The maximum Gasteiger partial charge on any atom is 0.256 e. The zero-order valence-corrected chi connectivity index (χ0v) is 19.6. The molecule has 33 heavy (non-hydrogen) atoms. The molecule has 2 saturated heterocycles. The highest BCUT2D eigenvalue weighted by Gasteiger charge is 2.34. The monoisotopic (exact) mass is 491 g/mol. The van der Waals surface area contributed by atoms with Gasteiger partial charge in [0.2, 0.25) is 15.9 Å². The number of benzene rings is 2. The number of ether oxygens (including phenoxy) is 1. The minimum Gasteiger partial charge on any atom is -0.378 e. The molecule has 0 saturated carbocycles. The van der Waals surface area contributed by atoms with Crippen LogP contribution in [0.4, 0.5) is 5.69 Å². The number of nitrogens with zero attached hydrogens (tertiary/aromatic N) is 2. The van der Waals surface area contributed by atoms with Gasteiger partial charge < -0.3 is 15.0 Å². The van der Waals surface area contributed by atoms with E-state index < -0.39 is 15.9 Å². The molecule has 8 nitrogen and oxygen atoms in total. The molecular weight excluding hydrogens is 466 g/mol. The van der Waals surface area contributed by atoms with Gasteiger partial charge in [0.1, 0.15) is 0 Å². The lowest BCUT2D eigenvalue weighted by molar-refractivity contribution is -0.120. The molecule has 0 aliphatic carbocycles. The number of hydrogen-bond acceptors (Lipinski definition) is 5. The van der Waals surface area contributed by atoms with Gasteiger partial charge in [-0.2, -0.15) is 4.31 Å². The van der Waals surface area contributed by atoms with Crippen LogP contribution in [-0.2, 0) is 19.6 Å². The van der Waals surface area contributed by atoms with Crippen molar-refractivity contribution in [3.05, 3.63) is 59.1 Å². The molecule has 176 valence electrons. The highest BCUT2D eigenvalue weighted by molar-refractivity contribution is 7.89. The zero-order valence-electron chi connectivity index (χ0n) is 18.1. The molecule has 10 heteroatoms. The number of piperidine rings is 1. The number of morpholine rings is 1. The summed E-state index contributed by atoms with van der Waals surface area (Å²) in [7, 11) is -3.73. The molecule has 2 aromatic rings. The normalized spacial score (nSPS) is 19.8. The van der Waals surface area contributed by atoms with Crippen molar-refractivity contribution in [1.82, 2.24) is 9.21 Å². The predicted molar refractivity (Wildman–Crippen MR) is 125 cm³/mol. The minimum atomic E-state index is -3.73. The van der Waals surface area contributed by atoms with Crippen molar-refractivity contribution in [2.24, 2.45) is 5.92 Å². The molecule has 0 bridgehead atoms. The lowest BCUT2D eigenvalue weighted by Gasteiger charge is -2.31. The third-order valence-electron chi connectivity index (χ3n) is 5.92. The molecule has 1 atom stereocenters. The molecule has 2 aliphatic heterocycles. The highest BCUT2D eigenvalue weighted by atomic mass is 35.5. The van der Waals surface area contributed by atoms with Crippen LogP contribution in [0.5, 0.6) is 0 Å². The van der Waals surface area contributed by atoms with E-state index in [1.807, 2.05) is 0 Å². The van der Waals surface area contributed by atoms with Gasteiger partial charge in [0.15, 0.2) is 0 Å². The van der Waals surface area contributed by atoms with Crippen molar-refractivity contribution in [2.45, 2.75) is 17.7 Å². The van der Waals surface area contributed by atoms with Crippen LogP contribution >= 0.6 is 11.6 Å². The highest BCUT2D eigenvalue weighted by Crippen LogP contribution is 2.26. The SMILES string of the molecule is O=C(Nc1ccccc1C(=O)N1CCOCC1)[C@@H]1CCCN(S(=O)(=O)c2ccc(Cl)cc2)C1. The van der Waals surface area contributed by atoms with Crippen LogP contribution in [0.2, 0.25) is 5.02 Å². The van der Waals surface area contributed by atoms with Gasteiger partial charge in [-0.05, 0) is 49.2 Å². The van der Waals surface area contributed by atoms with Gasteiger partial charge in [0.25, 0.3) is 5.91 Å². The van der Waals surface area contributed by atoms with E-state index in [9.17, 15) is 18.0 Å². The first kappa shape index (κ1) is 23.7. The number of halogens is 1. The van der Waals surface area contributed by atoms with Gasteiger partial charge >= 0.3 is 0 Å². The van der Waals surface area contributed by atoms with Crippen molar-refractivity contribution in [3.63, 3.8) is 0 Å². The molecule has 2 aromatic carbocycles. The van der Waals surface area contributed by atoms with E-state index in [-0.39, 0.29) is 23.3 Å². The van der Waals surface area contributed by atoms with Crippen molar-refractivity contribution in [1.29, 1.82) is 0 Å². The zero-order chi connectivity index (χ0) is 23.4. The van der Waals surface area contributed by atoms with Crippen LogP contribution in [0.25, 0.3) is 0 Å². The van der Waals surface area contributed by atoms with E-state index in [4.69, 9.17) is 16.3 Å². The van der Waals surface area contributed by atoms with Crippen molar-refractivity contribution in [3.8, 4) is 0 Å². The Morgan fingerprint density at radius 3 is 2.42 bits per heavy atom. The first-order valence-electron chi connectivity index (χ1n) is 10.9. The van der Waals surface area contributed by atoms with Gasteiger partial charge in [-0.15, -0.1) is 0 Å². The minimum absolute atomic E-state index is 0.0797. The molecule has 0 unspecified atom stereocenters. The Morgan fingerprint density at radius 2 is 1.70 bits per heavy atom. The van der Waals surface area contributed by atoms with Crippen LogP contribution in [0.1, 0.15) is 23.2 Å². The summed E-state index contributed by atoms with van der Waals surface area (Å²) in [6.07, 6.45) is 1.14. The largest absolute Gasteiger partial charge is 0.378 e. The van der Waals surface area contributed by atoms with E-state index in [2.05, 4.69) is 5.32 Å². The molecule has 1 N–H and O–H groups in total. The van der Waals surface area contributed by atoms with E-state index in [1.54, 1.807) is 29.2 Å². The van der Waals surface area contributed by atoms with E-state index >= 15 is 0 Å². The van der Waals surface area contributed by atoms with Crippen LogP contribution in [0.3, 0.4) is 0 Å². The molecule has 2 amide bonds. The fourth-order valence-corrected chi connectivity index (χ4v) is 5.73. The van der Waals surface area contributed by atoms with Gasteiger partial charge in [-0.3, -0.25) is 9.59 Å². The molecule has 0 aromatic heterocycles. The number of rotatable bonds is 5. The van der Waals surface area contributed by atoms with Crippen molar-refractivity contribution in [2.75, 3.05) is 44.7 Å². The Labute approximate surface area is 198 Å². The summed E-state index contributed by atoms with van der Waals surface area (Å²) in [5.74, 6) is -0.981. The van der Waals surface area contributed by atoms with Gasteiger partial charge in [-0.1, -0.05) is 23.7 Å². The van der Waals surface area contributed by atoms with E-state index in [0.717, 1.165) is 0 Å². The molecule has 2 heterocycles. The van der Waals surface area contributed by atoms with Gasteiger partial charge in [-0.25, -0.2) is 8.42 Å². The Balaban J connectivity index is 1.47. The summed E-state index contributed by atoms with van der Waals surface area (Å²) < 4.78 is 32.7. The van der Waals surface area contributed by atoms with E-state index in [0.29, 0.717) is 62.0 Å². The number of anilines is 1. The van der Waals surface area contributed by atoms with Crippen molar-refractivity contribution < 1.29 is 22.7 Å². The third-order valence-corrected chi connectivity index (χ3v) is 8.05. The van der Waals surface area contributed by atoms with E-state index in [1.165, 1.54) is 28.6 Å². The van der Waals surface area contributed by atoms with Crippen LogP contribution in [0, 0.1) is 5.92 Å². The lowest BCUT2D eigenvalue weighted by Crippen LogP contribution is -2.44. The molecular formula is C23H26ClN3O5S. The summed E-state index contributed by atoms with van der Waals surface area (Å²) in [6.45, 7) is 2.40. The van der Waals surface area contributed by atoms with Gasteiger partial charge in [0, 0.05) is 31.2 Å². The lowest BCUT2D eigenvalue weighted by atomic mass is 9.98. The van der Waals surface area contributed by atoms with Crippen LogP contribution in [0.15, 0.2) is 53.4 Å². The average molecular weight is 492 g/mol.